The molecule has 4 aromatic rings. The van der Waals surface area contributed by atoms with Crippen LogP contribution in [-0.4, -0.2) is 67.8 Å². The fourth-order valence-electron chi connectivity index (χ4n) is 5.01. The van der Waals surface area contributed by atoms with Gasteiger partial charge in [0.2, 0.25) is 5.91 Å². The van der Waals surface area contributed by atoms with E-state index in [1.54, 1.807) is 36.0 Å². The first kappa shape index (κ1) is 28.9. The zero-order valence-corrected chi connectivity index (χ0v) is 24.9. The maximum atomic E-state index is 13.0. The van der Waals surface area contributed by atoms with Gasteiger partial charge in [-0.25, -0.2) is 0 Å². The molecular weight excluding hydrogens is 554 g/mol. The van der Waals surface area contributed by atoms with Crippen LogP contribution in [0, 0.1) is 6.92 Å². The molecule has 1 aliphatic rings. The van der Waals surface area contributed by atoms with Crippen LogP contribution in [0.3, 0.4) is 0 Å². The van der Waals surface area contributed by atoms with E-state index in [9.17, 15) is 9.59 Å². The molecule has 0 N–H and O–H groups in total. The number of amides is 2. The Morgan fingerprint density at radius 3 is 2.37 bits per heavy atom. The number of unbranched alkanes of at least 4 members (excludes halogenated alkanes) is 1. The number of aryl methyl sites for hydroxylation is 1. The number of carbonyl (C=O) groups excluding carboxylic acids is 2. The summed E-state index contributed by atoms with van der Waals surface area (Å²) in [6.07, 6.45) is 2.19. The summed E-state index contributed by atoms with van der Waals surface area (Å²) in [7, 11) is 0. The smallest absolute Gasteiger partial charge is 0.254 e. The highest BCUT2D eigenvalue weighted by molar-refractivity contribution is 7.99. The van der Waals surface area contributed by atoms with E-state index >= 15 is 0 Å². The molecule has 0 aliphatic carbocycles. The third-order valence-electron chi connectivity index (χ3n) is 7.31. The van der Waals surface area contributed by atoms with Gasteiger partial charge in [0, 0.05) is 59.7 Å². The number of thioether (sulfide) groups is 1. The Labute approximate surface area is 250 Å². The highest BCUT2D eigenvalue weighted by atomic mass is 35.5. The lowest BCUT2D eigenvalue weighted by molar-refractivity contribution is -0.133. The first-order valence-corrected chi connectivity index (χ1v) is 15.3. The SMILES string of the molecule is Cc1ccc(-n2c(SCCCCC(=O)N3CCN(C(=O)c4ccc(Cl)cc4)C(C)C3)nnc2-c2ccccc2)cc1. The van der Waals surface area contributed by atoms with Crippen LogP contribution in [0.5, 0.6) is 0 Å². The average molecular weight is 588 g/mol. The van der Waals surface area contributed by atoms with Gasteiger partial charge in [0.1, 0.15) is 0 Å². The first-order chi connectivity index (χ1) is 19.9. The van der Waals surface area contributed by atoms with Gasteiger partial charge in [-0.1, -0.05) is 71.4 Å². The Morgan fingerprint density at radius 1 is 0.927 bits per heavy atom. The van der Waals surface area contributed by atoms with Gasteiger partial charge in [0.05, 0.1) is 0 Å². The predicted molar refractivity (Wildman–Crippen MR) is 165 cm³/mol. The number of halogens is 1. The number of carbonyl (C=O) groups is 2. The predicted octanol–water partition coefficient (Wildman–Crippen LogP) is 6.53. The molecule has 212 valence electrons. The lowest BCUT2D eigenvalue weighted by atomic mass is 10.1. The molecule has 1 atom stereocenters. The zero-order valence-electron chi connectivity index (χ0n) is 23.4. The van der Waals surface area contributed by atoms with Gasteiger partial charge in [0.25, 0.3) is 5.91 Å². The van der Waals surface area contributed by atoms with Crippen LogP contribution in [0.15, 0.2) is 84.0 Å². The Kier molecular flexibility index (Phi) is 9.42. The number of piperazine rings is 1. The summed E-state index contributed by atoms with van der Waals surface area (Å²) in [4.78, 5) is 29.6. The molecule has 2 amide bonds. The van der Waals surface area contributed by atoms with Crippen molar-refractivity contribution in [1.82, 2.24) is 24.6 Å². The van der Waals surface area contributed by atoms with E-state index in [2.05, 4.69) is 46.0 Å². The number of rotatable bonds is 9. The molecule has 2 heterocycles. The molecule has 3 aromatic carbocycles. The standard InChI is InChI=1S/C32H34ClN5O2S/c1-23-11-17-28(18-12-23)38-30(25-8-4-3-5-9-25)34-35-32(38)41-21-7-6-10-29(39)36-19-20-37(24(2)22-36)31(40)26-13-15-27(33)16-14-26/h3-5,8-9,11-18,24H,6-7,10,19-22H2,1-2H3. The molecule has 0 spiro atoms. The molecule has 0 bridgehead atoms. The molecule has 1 unspecified atom stereocenters. The van der Waals surface area contributed by atoms with E-state index < -0.39 is 0 Å². The summed E-state index contributed by atoms with van der Waals surface area (Å²) >= 11 is 7.62. The van der Waals surface area contributed by atoms with Crippen LogP contribution in [0.1, 0.15) is 42.1 Å². The van der Waals surface area contributed by atoms with Crippen LogP contribution in [-0.2, 0) is 4.79 Å². The third-order valence-corrected chi connectivity index (χ3v) is 8.57. The minimum Gasteiger partial charge on any atom is -0.339 e. The average Bonchev–Trinajstić information content (AvgIpc) is 3.41. The minimum atomic E-state index is -0.0432. The van der Waals surface area contributed by atoms with Crippen LogP contribution in [0.25, 0.3) is 17.1 Å². The van der Waals surface area contributed by atoms with Gasteiger partial charge < -0.3 is 9.80 Å². The second-order valence-electron chi connectivity index (χ2n) is 10.3. The maximum absolute atomic E-state index is 13.0. The van der Waals surface area contributed by atoms with Crippen molar-refractivity contribution in [1.29, 1.82) is 0 Å². The molecule has 1 saturated heterocycles. The Balaban J connectivity index is 1.12. The monoisotopic (exact) mass is 587 g/mol. The summed E-state index contributed by atoms with van der Waals surface area (Å²) in [6, 6.07) is 25.4. The number of hydrogen-bond donors (Lipinski definition) is 0. The van der Waals surface area contributed by atoms with E-state index in [0.717, 1.165) is 40.8 Å². The van der Waals surface area contributed by atoms with Gasteiger partial charge >= 0.3 is 0 Å². The van der Waals surface area contributed by atoms with Gasteiger partial charge in [0.15, 0.2) is 11.0 Å². The van der Waals surface area contributed by atoms with Crippen molar-refractivity contribution in [2.75, 3.05) is 25.4 Å². The molecule has 0 saturated carbocycles. The highest BCUT2D eigenvalue weighted by Crippen LogP contribution is 2.29. The van der Waals surface area contributed by atoms with E-state index in [0.29, 0.717) is 36.6 Å². The first-order valence-electron chi connectivity index (χ1n) is 14.0. The van der Waals surface area contributed by atoms with Gasteiger partial charge in [-0.05, 0) is 63.1 Å². The molecule has 7 nitrogen and oxygen atoms in total. The second kappa shape index (κ2) is 13.4. The minimum absolute atomic E-state index is 0.0211. The fourth-order valence-corrected chi connectivity index (χ4v) is 6.08. The number of nitrogens with zero attached hydrogens (tertiary/aromatic N) is 5. The topological polar surface area (TPSA) is 71.3 Å². The van der Waals surface area contributed by atoms with Crippen molar-refractivity contribution in [3.63, 3.8) is 0 Å². The van der Waals surface area contributed by atoms with Gasteiger partial charge in [-0.2, -0.15) is 0 Å². The quantitative estimate of drug-likeness (QED) is 0.164. The molecule has 1 fully saturated rings. The van der Waals surface area contributed by atoms with E-state index in [4.69, 9.17) is 11.6 Å². The van der Waals surface area contributed by atoms with Crippen molar-refractivity contribution >= 4 is 35.2 Å². The lowest BCUT2D eigenvalue weighted by Crippen LogP contribution is -2.55. The number of aromatic nitrogens is 3. The van der Waals surface area contributed by atoms with Crippen molar-refractivity contribution in [2.45, 2.75) is 44.3 Å². The van der Waals surface area contributed by atoms with Crippen molar-refractivity contribution in [3.05, 3.63) is 95.0 Å². The summed E-state index contributed by atoms with van der Waals surface area (Å²) in [5, 5.41) is 10.5. The van der Waals surface area contributed by atoms with Gasteiger partial charge in [-0.3, -0.25) is 14.2 Å². The molecule has 9 heteroatoms. The summed E-state index contributed by atoms with van der Waals surface area (Å²) < 4.78 is 2.11. The molecule has 1 aliphatic heterocycles. The molecule has 41 heavy (non-hydrogen) atoms. The van der Waals surface area contributed by atoms with Crippen LogP contribution < -0.4 is 0 Å². The normalized spacial score (nSPS) is 15.2. The summed E-state index contributed by atoms with van der Waals surface area (Å²) in [5.74, 6) is 1.78. The van der Waals surface area contributed by atoms with Crippen molar-refractivity contribution in [2.24, 2.45) is 0 Å². The largest absolute Gasteiger partial charge is 0.339 e. The molecular formula is C32H34ClN5O2S. The number of hydrogen-bond acceptors (Lipinski definition) is 5. The zero-order chi connectivity index (χ0) is 28.8. The van der Waals surface area contributed by atoms with Crippen molar-refractivity contribution in [3.8, 4) is 17.1 Å². The molecule has 1 aromatic heterocycles. The van der Waals surface area contributed by atoms with E-state index in [1.165, 1.54) is 5.56 Å². The number of benzene rings is 3. The summed E-state index contributed by atoms with van der Waals surface area (Å²) in [6.45, 7) is 5.71. The lowest BCUT2D eigenvalue weighted by Gasteiger charge is -2.40. The Bertz CT molecular complexity index is 1470. The van der Waals surface area contributed by atoms with E-state index in [-0.39, 0.29) is 17.9 Å². The maximum Gasteiger partial charge on any atom is 0.254 e. The van der Waals surface area contributed by atoms with Crippen LogP contribution in [0.2, 0.25) is 5.02 Å². The van der Waals surface area contributed by atoms with Crippen LogP contribution in [0.4, 0.5) is 0 Å². The highest BCUT2D eigenvalue weighted by Gasteiger charge is 2.30. The Hall–Kier alpha value is -3.62. The molecule has 0 radical (unpaired) electrons. The molecule has 5 rings (SSSR count). The van der Waals surface area contributed by atoms with Crippen molar-refractivity contribution < 1.29 is 9.59 Å². The van der Waals surface area contributed by atoms with Crippen LogP contribution >= 0.6 is 23.4 Å². The summed E-state index contributed by atoms with van der Waals surface area (Å²) in [5.41, 5.74) is 3.86. The van der Waals surface area contributed by atoms with Gasteiger partial charge in [-0.15, -0.1) is 10.2 Å². The second-order valence-corrected chi connectivity index (χ2v) is 11.8. The third kappa shape index (κ3) is 7.00. The van der Waals surface area contributed by atoms with E-state index in [1.807, 2.05) is 47.1 Å². The Morgan fingerprint density at radius 2 is 1.66 bits per heavy atom. The fraction of sp³-hybridized carbons (Fsp3) is 0.312.